The summed E-state index contributed by atoms with van der Waals surface area (Å²) < 4.78 is 31.8. The highest BCUT2D eigenvalue weighted by molar-refractivity contribution is 7.92. The van der Waals surface area contributed by atoms with Gasteiger partial charge >= 0.3 is 0 Å². The monoisotopic (exact) mass is 507 g/mol. The van der Waals surface area contributed by atoms with E-state index in [1.165, 1.54) is 0 Å². The Morgan fingerprint density at radius 3 is 2.39 bits per heavy atom. The van der Waals surface area contributed by atoms with Gasteiger partial charge in [0.1, 0.15) is 18.9 Å². The zero-order chi connectivity index (χ0) is 25.7. The molecular formula is C27H29N3O5S. The van der Waals surface area contributed by atoms with Gasteiger partial charge in [0.2, 0.25) is 21.8 Å². The van der Waals surface area contributed by atoms with Crippen LogP contribution in [-0.2, 0) is 26.2 Å². The topological polar surface area (TPSA) is 96.0 Å². The molecule has 1 fully saturated rings. The van der Waals surface area contributed by atoms with Crippen LogP contribution < -0.4 is 19.3 Å². The molecule has 0 atom stereocenters. The van der Waals surface area contributed by atoms with Crippen LogP contribution in [0.15, 0.2) is 72.8 Å². The first-order chi connectivity index (χ1) is 17.2. The van der Waals surface area contributed by atoms with E-state index >= 15 is 0 Å². The summed E-state index contributed by atoms with van der Waals surface area (Å²) in [5.41, 5.74) is 3.59. The summed E-state index contributed by atoms with van der Waals surface area (Å²) in [4.78, 5) is 26.6. The van der Waals surface area contributed by atoms with E-state index in [0.29, 0.717) is 36.7 Å². The molecule has 3 aromatic rings. The summed E-state index contributed by atoms with van der Waals surface area (Å²) in [7, 11) is -3.72. The van der Waals surface area contributed by atoms with Crippen LogP contribution in [0.5, 0.6) is 5.75 Å². The number of carbonyl (C=O) groups excluding carboxylic acids is 2. The molecule has 1 N–H and O–H groups in total. The largest absolute Gasteiger partial charge is 0.489 e. The van der Waals surface area contributed by atoms with Crippen molar-refractivity contribution in [3.63, 3.8) is 0 Å². The number of nitrogens with zero attached hydrogens (tertiary/aromatic N) is 2. The van der Waals surface area contributed by atoms with Crippen LogP contribution in [0.1, 0.15) is 24.0 Å². The average molecular weight is 508 g/mol. The molecule has 9 heteroatoms. The number of ether oxygens (including phenoxy) is 1. The first kappa shape index (κ1) is 25.2. The van der Waals surface area contributed by atoms with Crippen LogP contribution in [0.25, 0.3) is 0 Å². The predicted octanol–water partition coefficient (Wildman–Crippen LogP) is 4.11. The van der Waals surface area contributed by atoms with Crippen LogP contribution in [0.4, 0.5) is 17.1 Å². The van der Waals surface area contributed by atoms with Crippen LogP contribution in [0.2, 0.25) is 0 Å². The zero-order valence-corrected chi connectivity index (χ0v) is 21.1. The zero-order valence-electron chi connectivity index (χ0n) is 20.3. The third-order valence-electron chi connectivity index (χ3n) is 5.91. The molecular weight excluding hydrogens is 478 g/mol. The van der Waals surface area contributed by atoms with E-state index < -0.39 is 15.9 Å². The van der Waals surface area contributed by atoms with Gasteiger partial charge in [-0.3, -0.25) is 13.9 Å². The fraction of sp³-hybridized carbons (Fsp3) is 0.259. The molecule has 0 aromatic heterocycles. The highest BCUT2D eigenvalue weighted by atomic mass is 32.2. The second-order valence-electron chi connectivity index (χ2n) is 8.74. The van der Waals surface area contributed by atoms with Gasteiger partial charge in [-0.15, -0.1) is 0 Å². The van der Waals surface area contributed by atoms with E-state index in [4.69, 9.17) is 4.74 Å². The molecule has 0 saturated carbocycles. The Labute approximate surface area is 211 Å². The van der Waals surface area contributed by atoms with E-state index in [9.17, 15) is 18.0 Å². The number of nitrogens with one attached hydrogen (secondary N) is 1. The standard InChI is InChI=1S/C27H29N3O5S/c1-20-17-22(10-15-25(20)29-16-6-9-27(29)32)28-26(31)18-30(36(2,33)34)23-11-13-24(14-12-23)35-19-21-7-4-3-5-8-21/h3-5,7-8,10-15,17H,6,9,16,18-19H2,1-2H3,(H,28,31). The maximum Gasteiger partial charge on any atom is 0.245 e. The Balaban J connectivity index is 1.41. The molecule has 0 bridgehead atoms. The lowest BCUT2D eigenvalue weighted by Crippen LogP contribution is -2.37. The predicted molar refractivity (Wildman–Crippen MR) is 141 cm³/mol. The minimum atomic E-state index is -3.72. The normalized spacial score (nSPS) is 13.5. The lowest BCUT2D eigenvalue weighted by atomic mass is 10.1. The summed E-state index contributed by atoms with van der Waals surface area (Å²) in [5.74, 6) is 0.206. The number of hydrogen-bond donors (Lipinski definition) is 1. The van der Waals surface area contributed by atoms with E-state index in [1.807, 2.05) is 37.3 Å². The van der Waals surface area contributed by atoms with Crippen molar-refractivity contribution in [3.05, 3.63) is 83.9 Å². The summed E-state index contributed by atoms with van der Waals surface area (Å²) in [5, 5.41) is 2.76. The third-order valence-corrected chi connectivity index (χ3v) is 7.05. The van der Waals surface area contributed by atoms with E-state index in [1.54, 1.807) is 47.4 Å². The Morgan fingerprint density at radius 1 is 1.06 bits per heavy atom. The Hall–Kier alpha value is -3.85. The molecule has 0 spiro atoms. The van der Waals surface area contributed by atoms with Gasteiger partial charge in [-0.25, -0.2) is 8.42 Å². The maximum atomic E-state index is 12.8. The molecule has 1 aliphatic heterocycles. The number of hydrogen-bond acceptors (Lipinski definition) is 5. The molecule has 3 aromatic carbocycles. The first-order valence-corrected chi connectivity index (χ1v) is 13.5. The fourth-order valence-corrected chi connectivity index (χ4v) is 4.98. The first-order valence-electron chi connectivity index (χ1n) is 11.7. The minimum absolute atomic E-state index is 0.0927. The number of benzene rings is 3. The number of anilines is 3. The highest BCUT2D eigenvalue weighted by Gasteiger charge is 2.24. The van der Waals surface area contributed by atoms with Gasteiger partial charge in [-0.05, 0) is 66.9 Å². The number of carbonyl (C=O) groups is 2. The van der Waals surface area contributed by atoms with Gasteiger partial charge in [-0.2, -0.15) is 0 Å². The molecule has 1 saturated heterocycles. The van der Waals surface area contributed by atoms with Crippen molar-refractivity contribution in [3.8, 4) is 5.75 Å². The van der Waals surface area contributed by atoms with Gasteiger partial charge in [0.25, 0.3) is 0 Å². The van der Waals surface area contributed by atoms with Crippen LogP contribution in [0.3, 0.4) is 0 Å². The van der Waals surface area contributed by atoms with E-state index in [2.05, 4.69) is 5.32 Å². The summed E-state index contributed by atoms with van der Waals surface area (Å²) in [6.45, 7) is 2.57. The summed E-state index contributed by atoms with van der Waals surface area (Å²) in [6.07, 6.45) is 2.43. The molecule has 1 heterocycles. The number of rotatable bonds is 9. The molecule has 0 radical (unpaired) electrons. The van der Waals surface area contributed by atoms with Crippen LogP contribution >= 0.6 is 0 Å². The maximum absolute atomic E-state index is 12.8. The van der Waals surface area contributed by atoms with Gasteiger partial charge < -0.3 is 15.0 Å². The lowest BCUT2D eigenvalue weighted by Gasteiger charge is -2.22. The van der Waals surface area contributed by atoms with E-state index in [0.717, 1.165) is 33.8 Å². The molecule has 2 amide bonds. The van der Waals surface area contributed by atoms with Gasteiger partial charge in [0, 0.05) is 24.3 Å². The second kappa shape index (κ2) is 10.8. The molecule has 188 valence electrons. The smallest absolute Gasteiger partial charge is 0.245 e. The average Bonchev–Trinajstić information content (AvgIpc) is 3.27. The third kappa shape index (κ3) is 6.23. The van der Waals surface area contributed by atoms with Crippen molar-refractivity contribution in [2.45, 2.75) is 26.4 Å². The minimum Gasteiger partial charge on any atom is -0.489 e. The van der Waals surface area contributed by atoms with Crippen molar-refractivity contribution < 1.29 is 22.7 Å². The van der Waals surface area contributed by atoms with Crippen LogP contribution in [0, 0.1) is 6.92 Å². The molecule has 4 rings (SSSR count). The van der Waals surface area contributed by atoms with Gasteiger partial charge in [0.05, 0.1) is 11.9 Å². The second-order valence-corrected chi connectivity index (χ2v) is 10.6. The number of amides is 2. The molecule has 36 heavy (non-hydrogen) atoms. The van der Waals surface area contributed by atoms with Crippen molar-refractivity contribution in [2.75, 3.05) is 33.9 Å². The Morgan fingerprint density at radius 2 is 1.78 bits per heavy atom. The SMILES string of the molecule is Cc1cc(NC(=O)CN(c2ccc(OCc3ccccc3)cc2)S(C)(=O)=O)ccc1N1CCCC1=O. The Bertz CT molecular complexity index is 1340. The van der Waals surface area contributed by atoms with Crippen molar-refractivity contribution in [1.29, 1.82) is 0 Å². The molecule has 0 aliphatic carbocycles. The lowest BCUT2D eigenvalue weighted by molar-refractivity contribution is -0.117. The summed E-state index contributed by atoms with van der Waals surface area (Å²) >= 11 is 0. The summed E-state index contributed by atoms with van der Waals surface area (Å²) in [6, 6.07) is 21.6. The number of aryl methyl sites for hydroxylation is 1. The molecule has 1 aliphatic rings. The highest BCUT2D eigenvalue weighted by Crippen LogP contribution is 2.28. The van der Waals surface area contributed by atoms with Crippen molar-refractivity contribution in [1.82, 2.24) is 0 Å². The molecule has 0 unspecified atom stereocenters. The van der Waals surface area contributed by atoms with Crippen molar-refractivity contribution in [2.24, 2.45) is 0 Å². The van der Waals surface area contributed by atoms with Gasteiger partial charge in [0.15, 0.2) is 0 Å². The van der Waals surface area contributed by atoms with Crippen molar-refractivity contribution >= 4 is 38.9 Å². The quantitative estimate of drug-likeness (QED) is 0.470. The number of sulfonamides is 1. The Kier molecular flexibility index (Phi) is 7.59. The fourth-order valence-electron chi connectivity index (χ4n) is 4.12. The molecule has 8 nitrogen and oxygen atoms in total. The van der Waals surface area contributed by atoms with Crippen LogP contribution in [-0.4, -0.2) is 39.6 Å². The van der Waals surface area contributed by atoms with Gasteiger partial charge in [-0.1, -0.05) is 30.3 Å². The van der Waals surface area contributed by atoms with E-state index in [-0.39, 0.29) is 12.5 Å².